The third-order valence-electron chi connectivity index (χ3n) is 3.39. The molecule has 0 aromatic carbocycles. The first-order valence-corrected chi connectivity index (χ1v) is 7.13. The van der Waals surface area contributed by atoms with Crippen LogP contribution in [0.2, 0.25) is 0 Å². The van der Waals surface area contributed by atoms with Gasteiger partial charge in [-0.3, -0.25) is 0 Å². The number of ether oxygens (including phenoxy) is 2. The fourth-order valence-electron chi connectivity index (χ4n) is 2.30. The largest absolute Gasteiger partial charge is 0.460 e. The van der Waals surface area contributed by atoms with Crippen LogP contribution in [0.4, 0.5) is 0 Å². The van der Waals surface area contributed by atoms with Crippen molar-refractivity contribution in [3.8, 4) is 0 Å². The summed E-state index contributed by atoms with van der Waals surface area (Å²) < 4.78 is 10.4. The van der Waals surface area contributed by atoms with Crippen LogP contribution in [0.5, 0.6) is 0 Å². The molecule has 0 radical (unpaired) electrons. The number of hydrogen-bond acceptors (Lipinski definition) is 5. The summed E-state index contributed by atoms with van der Waals surface area (Å²) in [6, 6.07) is 0. The van der Waals surface area contributed by atoms with Gasteiger partial charge in [0.1, 0.15) is 5.60 Å². The van der Waals surface area contributed by atoms with Crippen LogP contribution >= 0.6 is 0 Å². The Morgan fingerprint density at radius 2 is 1.70 bits per heavy atom. The Kier molecular flexibility index (Phi) is 6.20. The number of esters is 2. The van der Waals surface area contributed by atoms with Gasteiger partial charge in [0.25, 0.3) is 0 Å². The zero-order valence-electron chi connectivity index (χ0n) is 12.8. The molecule has 1 rings (SSSR count). The highest BCUT2D eigenvalue weighted by Gasteiger charge is 2.33. The predicted octanol–water partition coefficient (Wildman–Crippen LogP) is 1.82. The second-order valence-corrected chi connectivity index (χ2v) is 5.87. The lowest BCUT2D eigenvalue weighted by atomic mass is 9.83. The van der Waals surface area contributed by atoms with Crippen LogP contribution < -0.4 is 5.32 Å². The van der Waals surface area contributed by atoms with E-state index >= 15 is 0 Å². The quantitative estimate of drug-likeness (QED) is 0.616. The van der Waals surface area contributed by atoms with Crippen LogP contribution in [0.3, 0.4) is 0 Å². The standard InChI is InChI=1S/C15H25NO4/c1-11(2)19-13(17)5-6-14(18)20-15(3,4)12-7-9-16-10-8-12/h5-6,11-12,16H,7-10H2,1-4H3/b6-5+. The number of carbonyl (C=O) groups is 2. The molecule has 0 spiro atoms. The number of hydrogen-bond donors (Lipinski definition) is 1. The molecule has 1 N–H and O–H groups in total. The first kappa shape index (κ1) is 16.7. The van der Waals surface area contributed by atoms with Gasteiger partial charge in [0, 0.05) is 18.1 Å². The maximum atomic E-state index is 11.8. The van der Waals surface area contributed by atoms with E-state index in [1.807, 2.05) is 13.8 Å². The highest BCUT2D eigenvalue weighted by Crippen LogP contribution is 2.29. The molecule has 1 heterocycles. The summed E-state index contributed by atoms with van der Waals surface area (Å²) in [5, 5.41) is 3.28. The van der Waals surface area contributed by atoms with E-state index < -0.39 is 17.5 Å². The molecule has 0 atom stereocenters. The van der Waals surface area contributed by atoms with Gasteiger partial charge in [0.15, 0.2) is 0 Å². The molecule has 1 saturated heterocycles. The lowest BCUT2D eigenvalue weighted by Gasteiger charge is -2.36. The van der Waals surface area contributed by atoms with Gasteiger partial charge in [-0.2, -0.15) is 0 Å². The molecule has 5 heteroatoms. The Morgan fingerprint density at radius 3 is 2.25 bits per heavy atom. The summed E-state index contributed by atoms with van der Waals surface area (Å²) in [7, 11) is 0. The average molecular weight is 283 g/mol. The number of nitrogens with one attached hydrogen (secondary N) is 1. The van der Waals surface area contributed by atoms with E-state index in [9.17, 15) is 9.59 Å². The average Bonchev–Trinajstić information content (AvgIpc) is 2.36. The van der Waals surface area contributed by atoms with Crippen molar-refractivity contribution >= 4 is 11.9 Å². The zero-order chi connectivity index (χ0) is 15.2. The first-order valence-electron chi connectivity index (χ1n) is 7.13. The second-order valence-electron chi connectivity index (χ2n) is 5.87. The molecule has 0 aromatic heterocycles. The minimum absolute atomic E-state index is 0.200. The van der Waals surface area contributed by atoms with Crippen molar-refractivity contribution in [2.24, 2.45) is 5.92 Å². The lowest BCUT2D eigenvalue weighted by Crippen LogP contribution is -2.42. The fourth-order valence-corrected chi connectivity index (χ4v) is 2.30. The summed E-state index contributed by atoms with van der Waals surface area (Å²) >= 11 is 0. The molecule has 114 valence electrons. The molecule has 0 amide bonds. The van der Waals surface area contributed by atoms with Gasteiger partial charge < -0.3 is 14.8 Å². The van der Waals surface area contributed by atoms with Crippen LogP contribution in [-0.2, 0) is 19.1 Å². The molecule has 0 aliphatic carbocycles. The fraction of sp³-hybridized carbons (Fsp3) is 0.733. The van der Waals surface area contributed by atoms with Gasteiger partial charge in [-0.15, -0.1) is 0 Å². The Labute approximate surface area is 120 Å². The number of carbonyl (C=O) groups excluding carboxylic acids is 2. The van der Waals surface area contributed by atoms with E-state index in [4.69, 9.17) is 9.47 Å². The molecular weight excluding hydrogens is 258 g/mol. The van der Waals surface area contributed by atoms with Crippen LogP contribution in [-0.4, -0.2) is 36.7 Å². The summed E-state index contributed by atoms with van der Waals surface area (Å²) in [6.45, 7) is 9.24. The van der Waals surface area contributed by atoms with Gasteiger partial charge in [-0.1, -0.05) is 0 Å². The lowest BCUT2D eigenvalue weighted by molar-refractivity contribution is -0.157. The number of rotatable bonds is 5. The van der Waals surface area contributed by atoms with Crippen molar-refractivity contribution < 1.29 is 19.1 Å². The minimum atomic E-state index is -0.531. The van der Waals surface area contributed by atoms with E-state index in [0.29, 0.717) is 5.92 Å². The van der Waals surface area contributed by atoms with Crippen LogP contribution in [0.1, 0.15) is 40.5 Å². The van der Waals surface area contributed by atoms with E-state index in [2.05, 4.69) is 5.32 Å². The van der Waals surface area contributed by atoms with E-state index in [-0.39, 0.29) is 6.10 Å². The molecule has 1 fully saturated rings. The molecule has 0 aromatic rings. The molecule has 0 unspecified atom stereocenters. The summed E-state index contributed by atoms with van der Waals surface area (Å²) in [5.74, 6) is -0.699. The Morgan fingerprint density at radius 1 is 1.15 bits per heavy atom. The molecule has 0 saturated carbocycles. The van der Waals surface area contributed by atoms with Gasteiger partial charge in [0.05, 0.1) is 6.10 Å². The molecule has 0 bridgehead atoms. The van der Waals surface area contributed by atoms with Crippen molar-refractivity contribution in [1.82, 2.24) is 5.32 Å². The summed E-state index contributed by atoms with van der Waals surface area (Å²) in [5.41, 5.74) is -0.522. The van der Waals surface area contributed by atoms with Gasteiger partial charge in [-0.05, 0) is 53.6 Å². The topological polar surface area (TPSA) is 64.6 Å². The van der Waals surface area contributed by atoms with E-state index in [1.54, 1.807) is 13.8 Å². The molecule has 20 heavy (non-hydrogen) atoms. The predicted molar refractivity (Wildman–Crippen MR) is 76.1 cm³/mol. The highest BCUT2D eigenvalue weighted by molar-refractivity contribution is 5.91. The molecular formula is C15H25NO4. The van der Waals surface area contributed by atoms with E-state index in [0.717, 1.165) is 38.1 Å². The summed E-state index contributed by atoms with van der Waals surface area (Å²) in [4.78, 5) is 23.1. The van der Waals surface area contributed by atoms with Crippen LogP contribution in [0.25, 0.3) is 0 Å². The van der Waals surface area contributed by atoms with Crippen molar-refractivity contribution in [1.29, 1.82) is 0 Å². The maximum absolute atomic E-state index is 11.8. The highest BCUT2D eigenvalue weighted by atomic mass is 16.6. The van der Waals surface area contributed by atoms with Crippen molar-refractivity contribution in [3.05, 3.63) is 12.2 Å². The smallest absolute Gasteiger partial charge is 0.331 e. The Bertz CT molecular complexity index is 368. The van der Waals surface area contributed by atoms with Crippen LogP contribution in [0, 0.1) is 5.92 Å². The summed E-state index contributed by atoms with van der Waals surface area (Å²) in [6.07, 6.45) is 4.02. The van der Waals surface area contributed by atoms with Crippen molar-refractivity contribution in [2.45, 2.75) is 52.2 Å². The van der Waals surface area contributed by atoms with Crippen LogP contribution in [0.15, 0.2) is 12.2 Å². The normalized spacial score (nSPS) is 17.4. The SMILES string of the molecule is CC(C)OC(=O)/C=C/C(=O)OC(C)(C)C1CCNCC1. The van der Waals surface area contributed by atoms with Crippen molar-refractivity contribution in [3.63, 3.8) is 0 Å². The molecule has 1 aliphatic rings. The second kappa shape index (κ2) is 7.43. The van der Waals surface area contributed by atoms with Crippen molar-refractivity contribution in [2.75, 3.05) is 13.1 Å². The molecule has 1 aliphatic heterocycles. The number of piperidine rings is 1. The van der Waals surface area contributed by atoms with E-state index in [1.165, 1.54) is 0 Å². The molecule has 5 nitrogen and oxygen atoms in total. The first-order chi connectivity index (χ1) is 9.31. The van der Waals surface area contributed by atoms with Gasteiger partial charge in [-0.25, -0.2) is 9.59 Å². The third kappa shape index (κ3) is 5.74. The minimum Gasteiger partial charge on any atom is -0.460 e. The third-order valence-corrected chi connectivity index (χ3v) is 3.39. The monoisotopic (exact) mass is 283 g/mol. The Hall–Kier alpha value is -1.36. The maximum Gasteiger partial charge on any atom is 0.331 e. The Balaban J connectivity index is 2.47. The van der Waals surface area contributed by atoms with Gasteiger partial charge in [0.2, 0.25) is 0 Å². The van der Waals surface area contributed by atoms with Gasteiger partial charge >= 0.3 is 11.9 Å². The zero-order valence-corrected chi connectivity index (χ0v) is 12.8.